The fourth-order valence-electron chi connectivity index (χ4n) is 4.19. The molecule has 0 atom stereocenters. The third kappa shape index (κ3) is 6.71. The van der Waals surface area contributed by atoms with E-state index < -0.39 is 15.7 Å². The quantitative estimate of drug-likeness (QED) is 0.283. The van der Waals surface area contributed by atoms with Gasteiger partial charge >= 0.3 is 0 Å². The third-order valence-electron chi connectivity index (χ3n) is 5.88. The lowest BCUT2D eigenvalue weighted by Gasteiger charge is -2.25. The fourth-order valence-corrected chi connectivity index (χ4v) is 5.68. The molecule has 0 radical (unpaired) electrons. The van der Waals surface area contributed by atoms with E-state index in [0.29, 0.717) is 29.9 Å². The first kappa shape index (κ1) is 26.3. The van der Waals surface area contributed by atoms with E-state index in [9.17, 15) is 17.6 Å². The topological polar surface area (TPSA) is 72.3 Å². The Bertz CT molecular complexity index is 1440. The Hall–Kier alpha value is -3.78. The molecule has 3 aromatic carbocycles. The molecule has 0 unspecified atom stereocenters. The molecule has 0 N–H and O–H groups in total. The van der Waals surface area contributed by atoms with Gasteiger partial charge in [0.25, 0.3) is 5.91 Å². The molecule has 1 amide bonds. The summed E-state index contributed by atoms with van der Waals surface area (Å²) in [6.07, 6.45) is 1.53. The van der Waals surface area contributed by atoms with Crippen molar-refractivity contribution in [1.82, 2.24) is 14.5 Å². The Morgan fingerprint density at radius 3 is 2.11 bits per heavy atom. The molecule has 37 heavy (non-hydrogen) atoms. The van der Waals surface area contributed by atoms with E-state index in [-0.39, 0.29) is 29.3 Å². The minimum absolute atomic E-state index is 0.0334. The van der Waals surface area contributed by atoms with Crippen molar-refractivity contribution in [3.8, 4) is 0 Å². The monoisotopic (exact) mass is 519 g/mol. The first-order valence-corrected chi connectivity index (χ1v) is 13.8. The normalized spacial score (nSPS) is 11.6. The van der Waals surface area contributed by atoms with Crippen LogP contribution in [0.2, 0.25) is 0 Å². The molecule has 0 fully saturated rings. The van der Waals surface area contributed by atoms with Gasteiger partial charge < -0.3 is 9.47 Å². The summed E-state index contributed by atoms with van der Waals surface area (Å²) >= 11 is 0. The lowest BCUT2D eigenvalue weighted by Crippen LogP contribution is -2.34. The maximum absolute atomic E-state index is 13.5. The summed E-state index contributed by atoms with van der Waals surface area (Å²) in [4.78, 5) is 19.4. The molecule has 192 valence electrons. The summed E-state index contributed by atoms with van der Waals surface area (Å²) in [6.45, 7) is 4.90. The summed E-state index contributed by atoms with van der Waals surface area (Å²) in [5, 5.41) is -0.0334. The molecule has 0 aliphatic rings. The largest absolute Gasteiger partial charge is 0.333 e. The molecule has 1 aromatic heterocycles. The van der Waals surface area contributed by atoms with Gasteiger partial charge in [0.05, 0.1) is 30.7 Å². The summed E-state index contributed by atoms with van der Waals surface area (Å²) < 4.78 is 42.1. The predicted octanol–water partition coefficient (Wildman–Crippen LogP) is 5.34. The van der Waals surface area contributed by atoms with Gasteiger partial charge in [-0.1, -0.05) is 74.5 Å². The van der Waals surface area contributed by atoms with Crippen LogP contribution in [-0.4, -0.2) is 35.3 Å². The average molecular weight is 520 g/mol. The second kappa shape index (κ2) is 11.5. The first-order chi connectivity index (χ1) is 17.7. The van der Waals surface area contributed by atoms with Crippen molar-refractivity contribution in [2.45, 2.75) is 37.8 Å². The Kier molecular flexibility index (Phi) is 8.18. The van der Waals surface area contributed by atoms with Crippen LogP contribution in [0.5, 0.6) is 0 Å². The van der Waals surface area contributed by atoms with Gasteiger partial charge in [0.2, 0.25) is 15.0 Å². The zero-order chi connectivity index (χ0) is 26.4. The number of benzene rings is 3. The first-order valence-electron chi connectivity index (χ1n) is 12.1. The van der Waals surface area contributed by atoms with E-state index in [1.54, 1.807) is 33.7 Å². The minimum Gasteiger partial charge on any atom is -0.333 e. The van der Waals surface area contributed by atoms with Crippen LogP contribution >= 0.6 is 0 Å². The van der Waals surface area contributed by atoms with Gasteiger partial charge in [-0.3, -0.25) is 4.79 Å². The Balaban J connectivity index is 1.72. The Labute approximate surface area is 217 Å². The smallest absolute Gasteiger partial charge is 0.254 e. The number of amides is 1. The molecule has 4 aromatic rings. The van der Waals surface area contributed by atoms with E-state index in [0.717, 1.165) is 5.56 Å². The zero-order valence-electron chi connectivity index (χ0n) is 20.9. The molecule has 8 heteroatoms. The van der Waals surface area contributed by atoms with Crippen LogP contribution in [0.4, 0.5) is 4.39 Å². The predicted molar refractivity (Wildman–Crippen MR) is 141 cm³/mol. The number of rotatable bonds is 10. The number of sulfone groups is 1. The van der Waals surface area contributed by atoms with Crippen LogP contribution in [0, 0.1) is 11.7 Å². The number of hydrogen-bond donors (Lipinski definition) is 0. The van der Waals surface area contributed by atoms with Gasteiger partial charge in [0, 0.05) is 12.1 Å². The molecule has 0 bridgehead atoms. The van der Waals surface area contributed by atoms with Crippen molar-refractivity contribution in [1.29, 1.82) is 0 Å². The van der Waals surface area contributed by atoms with Gasteiger partial charge in [-0.15, -0.1) is 0 Å². The van der Waals surface area contributed by atoms with Gasteiger partial charge in [-0.25, -0.2) is 17.8 Å². The van der Waals surface area contributed by atoms with Gasteiger partial charge in [0.1, 0.15) is 5.82 Å². The second-order valence-corrected chi connectivity index (χ2v) is 11.3. The van der Waals surface area contributed by atoms with Gasteiger partial charge in [-0.05, 0) is 41.3 Å². The van der Waals surface area contributed by atoms with Crippen LogP contribution in [0.3, 0.4) is 0 Å². The summed E-state index contributed by atoms with van der Waals surface area (Å²) in [5.41, 5.74) is 2.56. The lowest BCUT2D eigenvalue weighted by molar-refractivity contribution is 0.0718. The molecule has 4 rings (SSSR count). The standard InChI is InChI=1S/C29H30FN3O3S/c1-22(2)18-32(28(34)25-13-15-26(30)16-14-25)20-27-17-31-29(33(27)19-23-9-5-3-6-10-23)37(35,36)21-24-11-7-4-8-12-24/h3-17,22H,18-21H2,1-2H3. The maximum atomic E-state index is 13.5. The van der Waals surface area contributed by atoms with Crippen LogP contribution in [-0.2, 0) is 28.7 Å². The van der Waals surface area contributed by atoms with E-state index in [4.69, 9.17) is 0 Å². The molecule has 0 saturated heterocycles. The SMILES string of the molecule is CC(C)CN(Cc1cnc(S(=O)(=O)Cc2ccccc2)n1Cc1ccccc1)C(=O)c1ccc(F)cc1. The summed E-state index contributed by atoms with van der Waals surface area (Å²) in [6, 6.07) is 24.0. The van der Waals surface area contributed by atoms with Crippen molar-refractivity contribution < 1.29 is 17.6 Å². The second-order valence-electron chi connectivity index (χ2n) is 9.43. The van der Waals surface area contributed by atoms with E-state index in [2.05, 4.69) is 4.98 Å². The number of carbonyl (C=O) groups excluding carboxylic acids is 1. The average Bonchev–Trinajstić information content (AvgIpc) is 3.27. The third-order valence-corrected chi connectivity index (χ3v) is 7.48. The summed E-state index contributed by atoms with van der Waals surface area (Å²) in [7, 11) is -3.77. The van der Waals surface area contributed by atoms with E-state index >= 15 is 0 Å². The van der Waals surface area contributed by atoms with Crippen molar-refractivity contribution in [2.24, 2.45) is 5.92 Å². The van der Waals surface area contributed by atoms with Gasteiger partial charge in [-0.2, -0.15) is 0 Å². The maximum Gasteiger partial charge on any atom is 0.254 e. The lowest BCUT2D eigenvalue weighted by atomic mass is 10.1. The molecule has 1 heterocycles. The molecular formula is C29H30FN3O3S. The number of imidazole rings is 1. The van der Waals surface area contributed by atoms with Crippen LogP contribution in [0.15, 0.2) is 96.3 Å². The number of nitrogens with zero attached hydrogens (tertiary/aromatic N) is 3. The molecule has 0 aliphatic heterocycles. The zero-order valence-corrected chi connectivity index (χ0v) is 21.7. The van der Waals surface area contributed by atoms with Crippen molar-refractivity contribution in [3.63, 3.8) is 0 Å². The molecule has 0 saturated carbocycles. The van der Waals surface area contributed by atoms with Crippen LogP contribution < -0.4 is 0 Å². The van der Waals surface area contributed by atoms with Crippen molar-refractivity contribution in [2.75, 3.05) is 6.54 Å². The molecule has 6 nitrogen and oxygen atoms in total. The molecular weight excluding hydrogens is 489 g/mol. The highest BCUT2D eigenvalue weighted by atomic mass is 32.2. The van der Waals surface area contributed by atoms with E-state index in [1.807, 2.05) is 50.2 Å². The van der Waals surface area contributed by atoms with Crippen LogP contribution in [0.1, 0.15) is 41.0 Å². The minimum atomic E-state index is -3.77. The fraction of sp³-hybridized carbons (Fsp3) is 0.241. The van der Waals surface area contributed by atoms with Crippen molar-refractivity contribution >= 4 is 15.7 Å². The number of carbonyl (C=O) groups is 1. The number of hydrogen-bond acceptors (Lipinski definition) is 4. The van der Waals surface area contributed by atoms with Gasteiger partial charge in [0.15, 0.2) is 0 Å². The summed E-state index contributed by atoms with van der Waals surface area (Å²) in [5.74, 6) is -0.685. The number of aromatic nitrogens is 2. The highest BCUT2D eigenvalue weighted by Gasteiger charge is 2.26. The molecule has 0 spiro atoms. The highest BCUT2D eigenvalue weighted by molar-refractivity contribution is 7.90. The highest BCUT2D eigenvalue weighted by Crippen LogP contribution is 2.22. The van der Waals surface area contributed by atoms with E-state index in [1.165, 1.54) is 30.5 Å². The van der Waals surface area contributed by atoms with Crippen LogP contribution in [0.25, 0.3) is 0 Å². The Morgan fingerprint density at radius 1 is 0.919 bits per heavy atom. The van der Waals surface area contributed by atoms with Crippen molar-refractivity contribution in [3.05, 3.63) is 119 Å². The molecule has 0 aliphatic carbocycles. The number of halogens is 1. The Morgan fingerprint density at radius 2 is 1.51 bits per heavy atom.